The molecule has 5 rings (SSSR count). The zero-order valence-corrected chi connectivity index (χ0v) is 16.3. The van der Waals surface area contributed by atoms with Gasteiger partial charge in [0.2, 0.25) is 0 Å². The fourth-order valence-electron chi connectivity index (χ4n) is 5.10. The van der Waals surface area contributed by atoms with Crippen LogP contribution in [-0.2, 0) is 6.54 Å². The molecule has 0 spiro atoms. The molecule has 2 fully saturated rings. The summed E-state index contributed by atoms with van der Waals surface area (Å²) >= 11 is 0. The SMILES string of the molecule is Cc1cc2ncc(C(=O)C3CC4CCCC(C3)N4Cc3ccccc3)cn2n1. The maximum absolute atomic E-state index is 13.2. The highest BCUT2D eigenvalue weighted by Gasteiger charge is 2.40. The molecule has 2 aromatic heterocycles. The van der Waals surface area contributed by atoms with Gasteiger partial charge in [0.1, 0.15) is 0 Å². The van der Waals surface area contributed by atoms with Crippen molar-refractivity contribution in [3.05, 3.63) is 65.6 Å². The van der Waals surface area contributed by atoms with Gasteiger partial charge in [-0.05, 0) is 38.2 Å². The number of nitrogens with zero attached hydrogens (tertiary/aromatic N) is 4. The van der Waals surface area contributed by atoms with Gasteiger partial charge in [-0.1, -0.05) is 36.8 Å². The summed E-state index contributed by atoms with van der Waals surface area (Å²) < 4.78 is 1.73. The number of aromatic nitrogens is 3. The topological polar surface area (TPSA) is 50.5 Å². The van der Waals surface area contributed by atoms with Gasteiger partial charge in [0.15, 0.2) is 11.4 Å². The molecule has 5 nitrogen and oxygen atoms in total. The lowest BCUT2D eigenvalue weighted by molar-refractivity contribution is 0.00903. The largest absolute Gasteiger partial charge is 0.294 e. The van der Waals surface area contributed by atoms with Gasteiger partial charge < -0.3 is 0 Å². The Morgan fingerprint density at radius 3 is 2.64 bits per heavy atom. The number of hydrogen-bond donors (Lipinski definition) is 0. The van der Waals surface area contributed by atoms with Gasteiger partial charge in [0, 0.05) is 43.0 Å². The van der Waals surface area contributed by atoms with Crippen molar-refractivity contribution in [3.63, 3.8) is 0 Å². The highest BCUT2D eigenvalue weighted by Crippen LogP contribution is 2.39. The highest BCUT2D eigenvalue weighted by atomic mass is 16.1. The number of fused-ring (bicyclic) bond motifs is 3. The molecule has 2 saturated heterocycles. The summed E-state index contributed by atoms with van der Waals surface area (Å²) in [6.07, 6.45) is 9.17. The van der Waals surface area contributed by atoms with E-state index in [9.17, 15) is 4.79 Å². The molecule has 2 atom stereocenters. The van der Waals surface area contributed by atoms with Crippen molar-refractivity contribution in [1.82, 2.24) is 19.5 Å². The number of rotatable bonds is 4. The molecule has 0 saturated carbocycles. The van der Waals surface area contributed by atoms with E-state index < -0.39 is 0 Å². The number of piperidine rings is 2. The summed E-state index contributed by atoms with van der Waals surface area (Å²) in [4.78, 5) is 20.3. The Labute approximate surface area is 165 Å². The quantitative estimate of drug-likeness (QED) is 0.647. The van der Waals surface area contributed by atoms with Gasteiger partial charge in [-0.2, -0.15) is 5.10 Å². The van der Waals surface area contributed by atoms with Crippen LogP contribution in [0.25, 0.3) is 5.65 Å². The van der Waals surface area contributed by atoms with Crippen LogP contribution in [-0.4, -0.2) is 37.4 Å². The lowest BCUT2D eigenvalue weighted by Crippen LogP contribution is -2.52. The van der Waals surface area contributed by atoms with Crippen molar-refractivity contribution < 1.29 is 4.79 Å². The van der Waals surface area contributed by atoms with Gasteiger partial charge in [-0.25, -0.2) is 9.50 Å². The van der Waals surface area contributed by atoms with Crippen molar-refractivity contribution in [2.24, 2.45) is 5.92 Å². The number of hydrogen-bond acceptors (Lipinski definition) is 4. The maximum Gasteiger partial charge on any atom is 0.169 e. The van der Waals surface area contributed by atoms with Crippen molar-refractivity contribution >= 4 is 11.4 Å². The molecule has 0 N–H and O–H groups in total. The normalized spacial score (nSPS) is 25.1. The average molecular weight is 374 g/mol. The van der Waals surface area contributed by atoms with Crippen LogP contribution in [0, 0.1) is 12.8 Å². The molecule has 1 aromatic carbocycles. The number of carbonyl (C=O) groups is 1. The summed E-state index contributed by atoms with van der Waals surface area (Å²) in [5.41, 5.74) is 3.77. The zero-order chi connectivity index (χ0) is 19.1. The standard InChI is InChI=1S/C23H26N4O/c1-16-10-22-24-13-19(15-27(22)25-16)23(28)18-11-20-8-5-9-21(12-18)26(20)14-17-6-3-2-4-7-17/h2-4,6-7,10,13,15,18,20-21H,5,8-9,11-12,14H2,1H3. The van der Waals surface area contributed by atoms with E-state index in [1.165, 1.54) is 24.8 Å². The van der Waals surface area contributed by atoms with Crippen LogP contribution >= 0.6 is 0 Å². The second kappa shape index (κ2) is 7.13. The lowest BCUT2D eigenvalue weighted by atomic mass is 9.75. The molecule has 4 heterocycles. The molecule has 28 heavy (non-hydrogen) atoms. The summed E-state index contributed by atoms with van der Waals surface area (Å²) in [5, 5.41) is 4.41. The Balaban J connectivity index is 1.35. The first-order valence-corrected chi connectivity index (χ1v) is 10.3. The number of aryl methyl sites for hydroxylation is 1. The van der Waals surface area contributed by atoms with Crippen LogP contribution in [0.5, 0.6) is 0 Å². The van der Waals surface area contributed by atoms with Gasteiger partial charge in [-0.3, -0.25) is 9.69 Å². The van der Waals surface area contributed by atoms with E-state index >= 15 is 0 Å². The smallest absolute Gasteiger partial charge is 0.169 e. The van der Waals surface area contributed by atoms with E-state index in [0.29, 0.717) is 17.6 Å². The number of carbonyl (C=O) groups excluding carboxylic acids is 1. The second-order valence-electron chi connectivity index (χ2n) is 8.36. The summed E-state index contributed by atoms with van der Waals surface area (Å²) in [6, 6.07) is 13.7. The Kier molecular flexibility index (Phi) is 4.47. The van der Waals surface area contributed by atoms with E-state index in [1.807, 2.05) is 19.2 Å². The Bertz CT molecular complexity index is 982. The van der Waals surface area contributed by atoms with Crippen molar-refractivity contribution in [2.45, 2.75) is 57.7 Å². The predicted molar refractivity (Wildman–Crippen MR) is 108 cm³/mol. The Morgan fingerprint density at radius 1 is 1.14 bits per heavy atom. The second-order valence-corrected chi connectivity index (χ2v) is 8.36. The van der Waals surface area contributed by atoms with E-state index in [2.05, 4.69) is 45.3 Å². The maximum atomic E-state index is 13.2. The molecular weight excluding hydrogens is 348 g/mol. The molecule has 0 amide bonds. The minimum Gasteiger partial charge on any atom is -0.294 e. The van der Waals surface area contributed by atoms with Crippen molar-refractivity contribution in [1.29, 1.82) is 0 Å². The minimum atomic E-state index is 0.0956. The lowest BCUT2D eigenvalue weighted by Gasteiger charge is -2.48. The fraction of sp³-hybridized carbons (Fsp3) is 0.435. The Hall–Kier alpha value is -2.53. The molecule has 2 aliphatic heterocycles. The zero-order valence-electron chi connectivity index (χ0n) is 16.3. The fourth-order valence-corrected chi connectivity index (χ4v) is 5.10. The summed E-state index contributed by atoms with van der Waals surface area (Å²) in [7, 11) is 0. The van der Waals surface area contributed by atoms with Crippen LogP contribution in [0.4, 0.5) is 0 Å². The van der Waals surface area contributed by atoms with Crippen LogP contribution in [0.1, 0.15) is 53.7 Å². The molecular formula is C23H26N4O. The third-order valence-corrected chi connectivity index (χ3v) is 6.42. The van der Waals surface area contributed by atoms with Crippen molar-refractivity contribution in [3.8, 4) is 0 Å². The minimum absolute atomic E-state index is 0.0956. The van der Waals surface area contributed by atoms with Gasteiger partial charge in [0.05, 0.1) is 11.3 Å². The van der Waals surface area contributed by atoms with Crippen LogP contribution in [0.3, 0.4) is 0 Å². The predicted octanol–water partition coefficient (Wildman–Crippen LogP) is 4.05. The summed E-state index contributed by atoms with van der Waals surface area (Å²) in [5.74, 6) is 0.331. The van der Waals surface area contributed by atoms with Crippen LogP contribution < -0.4 is 0 Å². The first kappa shape index (κ1) is 17.6. The molecule has 0 aliphatic carbocycles. The van der Waals surface area contributed by atoms with E-state index in [4.69, 9.17) is 0 Å². The van der Waals surface area contributed by atoms with Gasteiger partial charge >= 0.3 is 0 Å². The monoisotopic (exact) mass is 374 g/mol. The van der Waals surface area contributed by atoms with Crippen LogP contribution in [0.2, 0.25) is 0 Å². The summed E-state index contributed by atoms with van der Waals surface area (Å²) in [6.45, 7) is 2.94. The average Bonchev–Trinajstić information content (AvgIpc) is 3.07. The first-order valence-electron chi connectivity index (χ1n) is 10.3. The molecule has 5 heteroatoms. The first-order chi connectivity index (χ1) is 13.7. The molecule has 2 aliphatic rings. The van der Waals surface area contributed by atoms with E-state index in [-0.39, 0.29) is 11.7 Å². The third-order valence-electron chi connectivity index (χ3n) is 6.42. The van der Waals surface area contributed by atoms with E-state index in [1.54, 1.807) is 10.7 Å². The third kappa shape index (κ3) is 3.24. The van der Waals surface area contributed by atoms with Crippen LogP contribution in [0.15, 0.2) is 48.8 Å². The molecule has 2 bridgehead atoms. The highest BCUT2D eigenvalue weighted by molar-refractivity contribution is 5.97. The van der Waals surface area contributed by atoms with E-state index in [0.717, 1.165) is 30.7 Å². The van der Waals surface area contributed by atoms with Crippen molar-refractivity contribution in [2.75, 3.05) is 0 Å². The molecule has 2 unspecified atom stereocenters. The Morgan fingerprint density at radius 2 is 1.89 bits per heavy atom. The number of benzene rings is 1. The number of ketones is 1. The molecule has 3 aromatic rings. The molecule has 144 valence electrons. The number of Topliss-reactive ketones (excluding diaryl/α,β-unsaturated/α-hetero) is 1. The van der Waals surface area contributed by atoms with Gasteiger partial charge in [-0.15, -0.1) is 0 Å². The molecule has 0 radical (unpaired) electrons. The van der Waals surface area contributed by atoms with Gasteiger partial charge in [0.25, 0.3) is 0 Å².